The minimum Gasteiger partial charge on any atom is -0.488 e. The maximum atomic E-state index is 11.4. The number of carboxylic acid groups (broad SMARTS) is 1. The van der Waals surface area contributed by atoms with Gasteiger partial charge in [-0.25, -0.2) is 4.79 Å². The molecule has 0 aromatic heterocycles. The molecule has 0 heterocycles. The second-order valence-corrected chi connectivity index (χ2v) is 9.82. The first kappa shape index (κ1) is 21.2. The minimum absolute atomic E-state index is 0.163. The van der Waals surface area contributed by atoms with Gasteiger partial charge in [-0.15, -0.1) is 0 Å². The first-order valence-corrected chi connectivity index (χ1v) is 10.9. The van der Waals surface area contributed by atoms with Gasteiger partial charge in [-0.2, -0.15) is 0 Å². The topological polar surface area (TPSA) is 46.5 Å². The number of rotatable bonds is 5. The summed E-state index contributed by atoms with van der Waals surface area (Å²) in [5.41, 5.74) is 6.38. The van der Waals surface area contributed by atoms with E-state index in [1.165, 1.54) is 24.0 Å². The molecule has 0 saturated carbocycles. The van der Waals surface area contributed by atoms with E-state index in [-0.39, 0.29) is 16.4 Å². The van der Waals surface area contributed by atoms with E-state index in [1.807, 2.05) is 30.3 Å². The van der Waals surface area contributed by atoms with E-state index in [2.05, 4.69) is 45.9 Å². The van der Waals surface area contributed by atoms with Gasteiger partial charge in [0, 0.05) is 5.56 Å². The molecule has 3 nitrogen and oxygen atoms in total. The fourth-order valence-corrected chi connectivity index (χ4v) is 4.54. The van der Waals surface area contributed by atoms with Crippen LogP contribution in [-0.4, -0.2) is 11.1 Å². The van der Waals surface area contributed by atoms with Crippen LogP contribution < -0.4 is 4.74 Å². The zero-order chi connectivity index (χ0) is 22.2. The van der Waals surface area contributed by atoms with Gasteiger partial charge < -0.3 is 9.84 Å². The average molecular weight is 415 g/mol. The Morgan fingerprint density at radius 3 is 2.32 bits per heavy atom. The van der Waals surface area contributed by atoms with Crippen molar-refractivity contribution in [1.29, 1.82) is 0 Å². The summed E-state index contributed by atoms with van der Waals surface area (Å²) < 4.78 is 6.24. The van der Waals surface area contributed by atoms with Crippen LogP contribution >= 0.6 is 0 Å². The van der Waals surface area contributed by atoms with Gasteiger partial charge in [-0.1, -0.05) is 76.2 Å². The Hall–Kier alpha value is -3.07. The Labute approximate surface area is 184 Å². The van der Waals surface area contributed by atoms with Crippen molar-refractivity contribution in [3.05, 3.63) is 89.0 Å². The summed E-state index contributed by atoms with van der Waals surface area (Å²) in [6, 6.07) is 21.5. The van der Waals surface area contributed by atoms with E-state index >= 15 is 0 Å². The predicted octanol–water partition coefficient (Wildman–Crippen LogP) is 6.98. The van der Waals surface area contributed by atoms with Gasteiger partial charge >= 0.3 is 5.97 Å². The zero-order valence-corrected chi connectivity index (χ0v) is 18.7. The quantitative estimate of drug-likeness (QED) is 0.490. The van der Waals surface area contributed by atoms with Gasteiger partial charge in [0.25, 0.3) is 0 Å². The summed E-state index contributed by atoms with van der Waals surface area (Å²) in [5.74, 6) is -0.179. The molecule has 160 valence electrons. The van der Waals surface area contributed by atoms with Gasteiger partial charge in [0.2, 0.25) is 0 Å². The van der Waals surface area contributed by atoms with E-state index in [1.54, 1.807) is 18.2 Å². The molecule has 0 fully saturated rings. The maximum Gasteiger partial charge on any atom is 0.335 e. The number of fused-ring (bicyclic) bond motifs is 1. The summed E-state index contributed by atoms with van der Waals surface area (Å²) >= 11 is 0. The molecular formula is C28H30O3. The first-order chi connectivity index (χ1) is 14.7. The van der Waals surface area contributed by atoms with Crippen LogP contribution in [0.5, 0.6) is 5.75 Å². The van der Waals surface area contributed by atoms with Crippen molar-refractivity contribution in [2.24, 2.45) is 0 Å². The highest BCUT2D eigenvalue weighted by Gasteiger charge is 2.36. The van der Waals surface area contributed by atoms with Crippen LogP contribution in [0.1, 0.15) is 67.6 Å². The molecule has 3 aromatic rings. The van der Waals surface area contributed by atoms with E-state index in [9.17, 15) is 9.90 Å². The Kier molecular flexibility index (Phi) is 5.38. The van der Waals surface area contributed by atoms with Gasteiger partial charge in [-0.3, -0.25) is 0 Å². The number of hydrogen-bond donors (Lipinski definition) is 1. The van der Waals surface area contributed by atoms with E-state index in [0.717, 1.165) is 22.4 Å². The van der Waals surface area contributed by atoms with Crippen molar-refractivity contribution in [1.82, 2.24) is 0 Å². The standard InChI is InChI=1S/C28H30O3/c1-27(2)14-15-28(3,4)24-16-19(12-13-23(24)27)18-31-25-11-6-5-10-22(25)20-8-7-9-21(17-20)26(29)30/h5-13,16-17H,14-15,18H2,1-4H3,(H,29,30). The molecule has 0 amide bonds. The van der Waals surface area contributed by atoms with Crippen LogP contribution in [0.15, 0.2) is 66.7 Å². The Bertz CT molecular complexity index is 1120. The molecule has 0 spiro atoms. The number of aromatic carboxylic acids is 1. The maximum absolute atomic E-state index is 11.4. The molecule has 3 heteroatoms. The summed E-state index contributed by atoms with van der Waals surface area (Å²) in [6.45, 7) is 9.80. The zero-order valence-electron chi connectivity index (χ0n) is 18.7. The van der Waals surface area contributed by atoms with Crippen molar-refractivity contribution < 1.29 is 14.6 Å². The summed E-state index contributed by atoms with van der Waals surface area (Å²) in [4.78, 5) is 11.4. The Balaban J connectivity index is 1.62. The Morgan fingerprint density at radius 2 is 1.58 bits per heavy atom. The largest absolute Gasteiger partial charge is 0.488 e. The lowest BCUT2D eigenvalue weighted by Gasteiger charge is -2.42. The molecule has 0 bridgehead atoms. The number of hydrogen-bond acceptors (Lipinski definition) is 2. The van der Waals surface area contributed by atoms with Crippen LogP contribution in [0, 0.1) is 0 Å². The summed E-state index contributed by atoms with van der Waals surface area (Å²) in [7, 11) is 0. The van der Waals surface area contributed by atoms with Crippen molar-refractivity contribution in [2.45, 2.75) is 58.0 Å². The minimum atomic E-state index is -0.931. The van der Waals surface area contributed by atoms with Crippen LogP contribution in [0.4, 0.5) is 0 Å². The Morgan fingerprint density at radius 1 is 0.871 bits per heavy atom. The van der Waals surface area contributed by atoms with Gasteiger partial charge in [-0.05, 0) is 64.1 Å². The van der Waals surface area contributed by atoms with Gasteiger partial charge in [0.05, 0.1) is 5.56 Å². The fourth-order valence-electron chi connectivity index (χ4n) is 4.54. The monoisotopic (exact) mass is 414 g/mol. The van der Waals surface area contributed by atoms with Crippen molar-refractivity contribution in [3.8, 4) is 16.9 Å². The molecule has 3 aromatic carbocycles. The van der Waals surface area contributed by atoms with Gasteiger partial charge in [0.15, 0.2) is 0 Å². The molecule has 4 rings (SSSR count). The lowest BCUT2D eigenvalue weighted by atomic mass is 9.63. The van der Waals surface area contributed by atoms with Gasteiger partial charge in [0.1, 0.15) is 12.4 Å². The molecule has 31 heavy (non-hydrogen) atoms. The van der Waals surface area contributed by atoms with Crippen LogP contribution in [-0.2, 0) is 17.4 Å². The first-order valence-electron chi connectivity index (χ1n) is 10.9. The van der Waals surface area contributed by atoms with Crippen molar-refractivity contribution in [2.75, 3.05) is 0 Å². The van der Waals surface area contributed by atoms with E-state index in [4.69, 9.17) is 4.74 Å². The highest BCUT2D eigenvalue weighted by atomic mass is 16.5. The third-order valence-corrected chi connectivity index (χ3v) is 6.62. The average Bonchev–Trinajstić information content (AvgIpc) is 2.76. The second kappa shape index (κ2) is 7.88. The molecule has 1 N–H and O–H groups in total. The highest BCUT2D eigenvalue weighted by Crippen LogP contribution is 2.46. The predicted molar refractivity (Wildman–Crippen MR) is 125 cm³/mol. The van der Waals surface area contributed by atoms with E-state index < -0.39 is 5.97 Å². The molecule has 0 saturated heterocycles. The fraction of sp³-hybridized carbons (Fsp3) is 0.321. The van der Waals surface area contributed by atoms with Crippen LogP contribution in [0.2, 0.25) is 0 Å². The normalized spacial score (nSPS) is 16.4. The smallest absolute Gasteiger partial charge is 0.335 e. The highest BCUT2D eigenvalue weighted by molar-refractivity contribution is 5.89. The number of para-hydroxylation sites is 1. The molecule has 0 atom stereocenters. The molecule has 0 radical (unpaired) electrons. The third-order valence-electron chi connectivity index (χ3n) is 6.62. The number of benzene rings is 3. The van der Waals surface area contributed by atoms with Crippen LogP contribution in [0.25, 0.3) is 11.1 Å². The molecule has 1 aliphatic rings. The SMILES string of the molecule is CC1(C)CCC(C)(C)c2cc(COc3ccccc3-c3cccc(C(=O)O)c3)ccc21. The molecule has 1 aliphatic carbocycles. The lowest BCUT2D eigenvalue weighted by molar-refractivity contribution is 0.0697. The lowest BCUT2D eigenvalue weighted by Crippen LogP contribution is -2.33. The summed E-state index contributed by atoms with van der Waals surface area (Å²) in [6.07, 6.45) is 2.38. The van der Waals surface area contributed by atoms with Crippen molar-refractivity contribution in [3.63, 3.8) is 0 Å². The molecule has 0 unspecified atom stereocenters. The molecular weight excluding hydrogens is 384 g/mol. The number of carboxylic acids is 1. The second-order valence-electron chi connectivity index (χ2n) is 9.82. The summed E-state index contributed by atoms with van der Waals surface area (Å²) in [5, 5.41) is 9.32. The van der Waals surface area contributed by atoms with Crippen molar-refractivity contribution >= 4 is 5.97 Å². The third kappa shape index (κ3) is 4.23. The molecule has 0 aliphatic heterocycles. The number of carbonyl (C=O) groups is 1. The van der Waals surface area contributed by atoms with Crippen LogP contribution in [0.3, 0.4) is 0 Å². The number of ether oxygens (including phenoxy) is 1. The van der Waals surface area contributed by atoms with E-state index in [0.29, 0.717) is 6.61 Å².